The Kier molecular flexibility index (Phi) is 5.55. The third kappa shape index (κ3) is 4.07. The fourth-order valence-corrected chi connectivity index (χ4v) is 4.72. The van der Waals surface area contributed by atoms with E-state index in [9.17, 15) is 4.79 Å². The number of fused-ring (bicyclic) bond motifs is 1. The number of nitrogens with zero attached hydrogens (tertiary/aromatic N) is 2. The van der Waals surface area contributed by atoms with Gasteiger partial charge in [-0.1, -0.05) is 25.8 Å². The average molecular weight is 433 g/mol. The van der Waals surface area contributed by atoms with Gasteiger partial charge in [-0.25, -0.2) is 9.97 Å². The average Bonchev–Trinajstić information content (AvgIpc) is 3.32. The molecule has 5 rings (SSSR count). The molecule has 0 unspecified atom stereocenters. The van der Waals surface area contributed by atoms with E-state index in [0.29, 0.717) is 25.5 Å². The summed E-state index contributed by atoms with van der Waals surface area (Å²) in [7, 11) is 0. The molecule has 32 heavy (non-hydrogen) atoms. The van der Waals surface area contributed by atoms with Crippen molar-refractivity contribution >= 4 is 5.82 Å². The van der Waals surface area contributed by atoms with Gasteiger partial charge in [0.25, 0.3) is 5.56 Å². The first-order valence-electron chi connectivity index (χ1n) is 11.4. The van der Waals surface area contributed by atoms with Gasteiger partial charge in [0.05, 0.1) is 0 Å². The number of aromatic nitrogens is 3. The minimum absolute atomic E-state index is 0.0540. The van der Waals surface area contributed by atoms with Crippen LogP contribution in [-0.2, 0) is 11.8 Å². The summed E-state index contributed by atoms with van der Waals surface area (Å²) >= 11 is 0. The van der Waals surface area contributed by atoms with Gasteiger partial charge in [0, 0.05) is 35.5 Å². The monoisotopic (exact) mass is 432 g/mol. The number of H-pyrrole nitrogens is 1. The van der Waals surface area contributed by atoms with Crippen LogP contribution in [0, 0.1) is 0 Å². The Morgan fingerprint density at radius 3 is 2.62 bits per heavy atom. The maximum Gasteiger partial charge on any atom is 0.251 e. The molecule has 1 aliphatic carbocycles. The summed E-state index contributed by atoms with van der Waals surface area (Å²) in [4.78, 5) is 23.8. The summed E-state index contributed by atoms with van der Waals surface area (Å²) in [5, 5.41) is 3.54. The van der Waals surface area contributed by atoms with E-state index >= 15 is 0 Å². The largest absolute Gasteiger partial charge is 0.486 e. The molecule has 166 valence electrons. The van der Waals surface area contributed by atoms with Gasteiger partial charge in [0.2, 0.25) is 0 Å². The zero-order valence-corrected chi connectivity index (χ0v) is 18.3. The van der Waals surface area contributed by atoms with Crippen LogP contribution in [0.25, 0.3) is 11.4 Å². The highest BCUT2D eigenvalue weighted by molar-refractivity contribution is 5.56. The van der Waals surface area contributed by atoms with Crippen molar-refractivity contribution in [3.8, 4) is 22.9 Å². The number of pyridine rings is 1. The zero-order valence-electron chi connectivity index (χ0n) is 18.3. The summed E-state index contributed by atoms with van der Waals surface area (Å²) < 4.78 is 11.5. The third-order valence-electron chi connectivity index (χ3n) is 6.52. The molecule has 3 heterocycles. The van der Waals surface area contributed by atoms with E-state index in [4.69, 9.17) is 9.47 Å². The van der Waals surface area contributed by atoms with Crippen LogP contribution < -0.4 is 20.3 Å². The highest BCUT2D eigenvalue weighted by atomic mass is 16.6. The predicted octanol–water partition coefficient (Wildman–Crippen LogP) is 4.09. The van der Waals surface area contributed by atoms with E-state index in [2.05, 4.69) is 32.4 Å². The normalized spacial score (nSPS) is 16.7. The van der Waals surface area contributed by atoms with Gasteiger partial charge in [-0.2, -0.15) is 0 Å². The van der Waals surface area contributed by atoms with Crippen molar-refractivity contribution in [2.24, 2.45) is 0 Å². The predicted molar refractivity (Wildman–Crippen MR) is 124 cm³/mol. The first kappa shape index (κ1) is 20.5. The maximum absolute atomic E-state index is 11.9. The lowest BCUT2D eigenvalue weighted by molar-refractivity contribution is 0.171. The molecule has 2 N–H and O–H groups in total. The molecule has 0 saturated heterocycles. The number of aryl methyl sites for hydroxylation is 1. The van der Waals surface area contributed by atoms with Crippen molar-refractivity contribution in [1.82, 2.24) is 15.0 Å². The van der Waals surface area contributed by atoms with Gasteiger partial charge in [-0.3, -0.25) is 4.79 Å². The lowest BCUT2D eigenvalue weighted by atomic mass is 9.78. The van der Waals surface area contributed by atoms with Crippen molar-refractivity contribution in [3.05, 3.63) is 64.2 Å². The fraction of sp³-hybridized carbons (Fsp3) is 0.400. The highest BCUT2D eigenvalue weighted by Crippen LogP contribution is 2.44. The van der Waals surface area contributed by atoms with Crippen LogP contribution in [0.3, 0.4) is 0 Å². The molecule has 3 aromatic rings. The number of benzene rings is 1. The van der Waals surface area contributed by atoms with Crippen molar-refractivity contribution in [3.63, 3.8) is 0 Å². The second kappa shape index (κ2) is 8.65. The SMILES string of the molecule is CCc1cc(=O)[nH]c(-c2ccc(NCC3(c4ccc5c(c4)OCCO5)CCCC3)nc2)n1. The number of aromatic amines is 1. The molecule has 0 atom stereocenters. The molecule has 0 amide bonds. The Morgan fingerprint density at radius 2 is 1.88 bits per heavy atom. The number of nitrogens with one attached hydrogen (secondary N) is 2. The van der Waals surface area contributed by atoms with Crippen LogP contribution in [0.4, 0.5) is 5.82 Å². The lowest BCUT2D eigenvalue weighted by Crippen LogP contribution is -2.32. The molecule has 1 aliphatic heterocycles. The van der Waals surface area contributed by atoms with Crippen LogP contribution in [0.5, 0.6) is 11.5 Å². The fourth-order valence-electron chi connectivity index (χ4n) is 4.72. The molecule has 2 aromatic heterocycles. The van der Waals surface area contributed by atoms with Crippen LogP contribution in [0.2, 0.25) is 0 Å². The Bertz CT molecular complexity index is 1150. The van der Waals surface area contributed by atoms with Gasteiger partial charge in [-0.05, 0) is 49.1 Å². The molecule has 0 spiro atoms. The van der Waals surface area contributed by atoms with Gasteiger partial charge in [0.15, 0.2) is 11.5 Å². The van der Waals surface area contributed by atoms with Crippen LogP contribution >= 0.6 is 0 Å². The second-order valence-electron chi connectivity index (χ2n) is 8.57. The van der Waals surface area contributed by atoms with E-state index in [1.54, 1.807) is 6.20 Å². The van der Waals surface area contributed by atoms with Gasteiger partial charge < -0.3 is 19.8 Å². The summed E-state index contributed by atoms with van der Waals surface area (Å²) in [5.41, 5.74) is 2.77. The Hall–Kier alpha value is -3.35. The minimum atomic E-state index is -0.142. The van der Waals surface area contributed by atoms with Crippen molar-refractivity contribution in [2.75, 3.05) is 25.1 Å². The Morgan fingerprint density at radius 1 is 1.06 bits per heavy atom. The smallest absolute Gasteiger partial charge is 0.251 e. The molecule has 1 fully saturated rings. The lowest BCUT2D eigenvalue weighted by Gasteiger charge is -2.31. The van der Waals surface area contributed by atoms with Crippen LogP contribution in [-0.4, -0.2) is 34.7 Å². The molecule has 7 nitrogen and oxygen atoms in total. The molecule has 7 heteroatoms. The second-order valence-corrected chi connectivity index (χ2v) is 8.57. The molecule has 2 aliphatic rings. The minimum Gasteiger partial charge on any atom is -0.486 e. The highest BCUT2D eigenvalue weighted by Gasteiger charge is 2.36. The quantitative estimate of drug-likeness (QED) is 0.610. The molecule has 0 bridgehead atoms. The number of hydrogen-bond acceptors (Lipinski definition) is 6. The van der Waals surface area contributed by atoms with Crippen molar-refractivity contribution in [1.29, 1.82) is 0 Å². The van der Waals surface area contributed by atoms with Gasteiger partial charge in [0.1, 0.15) is 24.9 Å². The van der Waals surface area contributed by atoms with Crippen molar-refractivity contribution < 1.29 is 9.47 Å². The number of anilines is 1. The first-order valence-corrected chi connectivity index (χ1v) is 11.4. The Labute approximate surface area is 187 Å². The summed E-state index contributed by atoms with van der Waals surface area (Å²) in [5.74, 6) is 3.04. The summed E-state index contributed by atoms with van der Waals surface area (Å²) in [6.45, 7) is 3.99. The standard InChI is InChI=1S/C25H28N4O3/c1-2-19-14-23(30)29-24(28-19)17-5-8-22(26-15-17)27-16-25(9-3-4-10-25)18-6-7-20-21(13-18)32-12-11-31-20/h5-8,13-15H,2-4,9-12,16H2,1H3,(H,26,27)(H,28,29,30). The number of hydrogen-bond donors (Lipinski definition) is 2. The summed E-state index contributed by atoms with van der Waals surface area (Å²) in [6.07, 6.45) is 7.17. The summed E-state index contributed by atoms with van der Waals surface area (Å²) in [6, 6.07) is 11.8. The van der Waals surface area contributed by atoms with E-state index < -0.39 is 0 Å². The molecule has 1 aromatic carbocycles. The van der Waals surface area contributed by atoms with Gasteiger partial charge >= 0.3 is 0 Å². The van der Waals surface area contributed by atoms with Gasteiger partial charge in [-0.15, -0.1) is 0 Å². The van der Waals surface area contributed by atoms with Crippen LogP contribution in [0.1, 0.15) is 43.9 Å². The first-order chi connectivity index (χ1) is 15.6. The molecular formula is C25H28N4O3. The molecular weight excluding hydrogens is 404 g/mol. The van der Waals surface area contributed by atoms with Crippen LogP contribution in [0.15, 0.2) is 47.4 Å². The van der Waals surface area contributed by atoms with Crippen molar-refractivity contribution in [2.45, 2.75) is 44.4 Å². The van der Waals surface area contributed by atoms with E-state index in [1.165, 1.54) is 24.5 Å². The topological polar surface area (TPSA) is 89.1 Å². The Balaban J connectivity index is 1.34. The van der Waals surface area contributed by atoms with E-state index in [1.807, 2.05) is 25.1 Å². The maximum atomic E-state index is 11.9. The molecule has 1 saturated carbocycles. The number of ether oxygens (including phenoxy) is 2. The number of rotatable bonds is 6. The zero-order chi connectivity index (χ0) is 22.0. The third-order valence-corrected chi connectivity index (χ3v) is 6.52. The van der Waals surface area contributed by atoms with E-state index in [0.717, 1.165) is 48.0 Å². The molecule has 0 radical (unpaired) electrons. The van der Waals surface area contributed by atoms with E-state index in [-0.39, 0.29) is 11.0 Å².